The molecule has 0 bridgehead atoms. The molecule has 1 unspecified atom stereocenters. The second-order valence-corrected chi connectivity index (χ2v) is 6.97. The Morgan fingerprint density at radius 1 is 1.50 bits per heavy atom. The first kappa shape index (κ1) is 15.8. The molecule has 1 heterocycles. The van der Waals surface area contributed by atoms with Crippen LogP contribution in [0.2, 0.25) is 0 Å². The monoisotopic (exact) mass is 386 g/mol. The molecule has 0 aliphatic carbocycles. The summed E-state index contributed by atoms with van der Waals surface area (Å²) in [5.41, 5.74) is 1.83. The maximum absolute atomic E-state index is 12.8. The molecule has 1 aromatic rings. The van der Waals surface area contributed by atoms with Gasteiger partial charge in [-0.15, -0.1) is 0 Å². The van der Waals surface area contributed by atoms with E-state index in [2.05, 4.69) is 46.2 Å². The summed E-state index contributed by atoms with van der Waals surface area (Å²) < 4.78 is 1.20. The summed E-state index contributed by atoms with van der Waals surface area (Å²) in [6.45, 7) is 6.03. The topological polar surface area (TPSA) is 41.1 Å². The molecule has 110 valence electrons. The van der Waals surface area contributed by atoms with Gasteiger partial charge in [0, 0.05) is 15.8 Å². The van der Waals surface area contributed by atoms with Crippen LogP contribution in [0.1, 0.15) is 38.2 Å². The molecule has 1 aliphatic heterocycles. The van der Waals surface area contributed by atoms with E-state index in [-0.39, 0.29) is 11.3 Å². The van der Waals surface area contributed by atoms with Crippen LogP contribution >= 0.6 is 22.6 Å². The molecular weight excluding hydrogens is 363 g/mol. The van der Waals surface area contributed by atoms with Crippen molar-refractivity contribution in [3.8, 4) is 0 Å². The first-order chi connectivity index (χ1) is 9.57. The Hall–Kier alpha value is -0.620. The van der Waals surface area contributed by atoms with E-state index in [0.29, 0.717) is 0 Å². The highest BCUT2D eigenvalue weighted by Gasteiger charge is 2.38. The van der Waals surface area contributed by atoms with E-state index < -0.39 is 0 Å². The minimum atomic E-state index is -0.234. The summed E-state index contributed by atoms with van der Waals surface area (Å²) in [5.74, 6) is 0.177. The third kappa shape index (κ3) is 3.52. The first-order valence-electron chi connectivity index (χ1n) is 7.36. The molecule has 4 heteroatoms. The summed E-state index contributed by atoms with van der Waals surface area (Å²) in [7, 11) is 0. The van der Waals surface area contributed by atoms with E-state index in [9.17, 15) is 4.79 Å². The van der Waals surface area contributed by atoms with Gasteiger partial charge < -0.3 is 10.6 Å². The Balaban J connectivity index is 2.15. The number of rotatable bonds is 4. The number of aryl methyl sites for hydroxylation is 1. The lowest BCUT2D eigenvalue weighted by Gasteiger charge is -2.36. The van der Waals surface area contributed by atoms with E-state index in [1.807, 2.05) is 19.1 Å². The molecule has 0 aromatic heterocycles. The molecule has 2 rings (SSSR count). The number of hydrogen-bond acceptors (Lipinski definition) is 2. The molecular formula is C16H23IN2O. The number of benzene rings is 1. The van der Waals surface area contributed by atoms with Crippen molar-refractivity contribution in [3.63, 3.8) is 0 Å². The van der Waals surface area contributed by atoms with E-state index in [1.165, 1.54) is 3.57 Å². The molecule has 0 saturated carbocycles. The molecule has 0 radical (unpaired) electrons. The fourth-order valence-electron chi connectivity index (χ4n) is 2.99. The number of nitrogens with one attached hydrogen (secondary N) is 2. The van der Waals surface area contributed by atoms with Crippen molar-refractivity contribution in [2.75, 3.05) is 18.4 Å². The van der Waals surface area contributed by atoms with Crippen molar-refractivity contribution in [2.24, 2.45) is 5.41 Å². The lowest BCUT2D eigenvalue weighted by Crippen LogP contribution is -2.48. The average Bonchev–Trinajstić information content (AvgIpc) is 2.43. The highest BCUT2D eigenvalue weighted by Crippen LogP contribution is 2.33. The van der Waals surface area contributed by atoms with E-state index in [0.717, 1.165) is 50.0 Å². The van der Waals surface area contributed by atoms with Gasteiger partial charge in [-0.2, -0.15) is 0 Å². The summed E-state index contributed by atoms with van der Waals surface area (Å²) in [4.78, 5) is 12.8. The van der Waals surface area contributed by atoms with Gasteiger partial charge in [-0.3, -0.25) is 4.79 Å². The van der Waals surface area contributed by atoms with Crippen LogP contribution in [0, 0.1) is 15.9 Å². The Bertz CT molecular complexity index is 476. The van der Waals surface area contributed by atoms with E-state index in [1.54, 1.807) is 0 Å². The van der Waals surface area contributed by atoms with Crippen molar-refractivity contribution in [3.05, 3.63) is 27.3 Å². The number of carbonyl (C=O) groups is 1. The minimum absolute atomic E-state index is 0.177. The Morgan fingerprint density at radius 2 is 2.30 bits per heavy atom. The van der Waals surface area contributed by atoms with Gasteiger partial charge in [-0.25, -0.2) is 0 Å². The van der Waals surface area contributed by atoms with Crippen LogP contribution in [0.4, 0.5) is 5.69 Å². The predicted molar refractivity (Wildman–Crippen MR) is 92.0 cm³/mol. The minimum Gasteiger partial charge on any atom is -0.325 e. The van der Waals surface area contributed by atoms with Crippen LogP contribution in [0.15, 0.2) is 18.2 Å². The molecule has 0 spiro atoms. The first-order valence-corrected chi connectivity index (χ1v) is 8.43. The number of amides is 1. The van der Waals surface area contributed by atoms with Gasteiger partial charge in [-0.05, 0) is 79.1 Å². The van der Waals surface area contributed by atoms with Gasteiger partial charge in [0.1, 0.15) is 0 Å². The third-order valence-corrected chi connectivity index (χ3v) is 4.79. The fourth-order valence-corrected chi connectivity index (χ4v) is 3.64. The number of carbonyl (C=O) groups excluding carboxylic acids is 1. The van der Waals surface area contributed by atoms with Gasteiger partial charge >= 0.3 is 0 Å². The molecule has 1 aliphatic rings. The van der Waals surface area contributed by atoms with Gasteiger partial charge in [0.25, 0.3) is 0 Å². The van der Waals surface area contributed by atoms with E-state index >= 15 is 0 Å². The Morgan fingerprint density at radius 3 is 2.90 bits per heavy atom. The van der Waals surface area contributed by atoms with Crippen LogP contribution < -0.4 is 10.6 Å². The lowest BCUT2D eigenvalue weighted by atomic mass is 9.76. The molecule has 1 aromatic carbocycles. The number of halogens is 1. The Labute approximate surface area is 135 Å². The summed E-state index contributed by atoms with van der Waals surface area (Å²) in [6, 6.07) is 6.14. The average molecular weight is 386 g/mol. The normalized spacial score (nSPS) is 22.6. The smallest absolute Gasteiger partial charge is 0.231 e. The van der Waals surface area contributed by atoms with Crippen molar-refractivity contribution in [1.82, 2.24) is 5.32 Å². The fraction of sp³-hybridized carbons (Fsp3) is 0.562. The van der Waals surface area contributed by atoms with Crippen LogP contribution in [0.3, 0.4) is 0 Å². The number of anilines is 1. The van der Waals surface area contributed by atoms with Crippen LogP contribution in [-0.2, 0) is 4.79 Å². The molecule has 20 heavy (non-hydrogen) atoms. The van der Waals surface area contributed by atoms with Crippen molar-refractivity contribution >= 4 is 34.2 Å². The molecule has 1 amide bonds. The summed E-state index contributed by atoms with van der Waals surface area (Å²) >= 11 is 2.29. The predicted octanol–water partition coefficient (Wildman–Crippen LogP) is 3.71. The zero-order chi connectivity index (χ0) is 14.6. The van der Waals surface area contributed by atoms with Crippen molar-refractivity contribution in [1.29, 1.82) is 0 Å². The summed E-state index contributed by atoms with van der Waals surface area (Å²) in [6.07, 6.45) is 4.07. The van der Waals surface area contributed by atoms with Crippen LogP contribution in [-0.4, -0.2) is 19.0 Å². The maximum Gasteiger partial charge on any atom is 0.231 e. The summed E-state index contributed by atoms with van der Waals surface area (Å²) in [5, 5.41) is 6.54. The standard InChI is InChI=1S/C16H23IN2O/c1-3-7-16(8-4-9-18-11-16)15(20)19-14-6-5-13(17)10-12(14)2/h5-6,10,18H,3-4,7-9,11H2,1-2H3,(H,19,20). The van der Waals surface area contributed by atoms with Gasteiger partial charge in [-0.1, -0.05) is 13.3 Å². The maximum atomic E-state index is 12.8. The zero-order valence-corrected chi connectivity index (χ0v) is 14.4. The molecule has 1 fully saturated rings. The van der Waals surface area contributed by atoms with Gasteiger partial charge in [0.15, 0.2) is 0 Å². The molecule has 1 saturated heterocycles. The largest absolute Gasteiger partial charge is 0.325 e. The highest BCUT2D eigenvalue weighted by molar-refractivity contribution is 14.1. The quantitative estimate of drug-likeness (QED) is 0.775. The number of piperidine rings is 1. The lowest BCUT2D eigenvalue weighted by molar-refractivity contribution is -0.127. The van der Waals surface area contributed by atoms with Gasteiger partial charge in [0.05, 0.1) is 5.41 Å². The molecule has 1 atom stereocenters. The molecule has 3 nitrogen and oxygen atoms in total. The SMILES string of the molecule is CCCC1(C(=O)Nc2ccc(I)cc2C)CCCNC1. The molecule has 2 N–H and O–H groups in total. The third-order valence-electron chi connectivity index (χ3n) is 4.12. The zero-order valence-electron chi connectivity index (χ0n) is 12.3. The van der Waals surface area contributed by atoms with Crippen LogP contribution in [0.25, 0.3) is 0 Å². The van der Waals surface area contributed by atoms with E-state index in [4.69, 9.17) is 0 Å². The highest BCUT2D eigenvalue weighted by atomic mass is 127. The second-order valence-electron chi connectivity index (χ2n) is 5.72. The van der Waals surface area contributed by atoms with Crippen LogP contribution in [0.5, 0.6) is 0 Å². The number of hydrogen-bond donors (Lipinski definition) is 2. The Kier molecular flexibility index (Phi) is 5.43. The van der Waals surface area contributed by atoms with Crippen molar-refractivity contribution < 1.29 is 4.79 Å². The van der Waals surface area contributed by atoms with Gasteiger partial charge in [0.2, 0.25) is 5.91 Å². The second kappa shape index (κ2) is 6.89. The van der Waals surface area contributed by atoms with Crippen molar-refractivity contribution in [2.45, 2.75) is 39.5 Å².